The fourth-order valence-corrected chi connectivity index (χ4v) is 4.54. The van der Waals surface area contributed by atoms with Crippen LogP contribution in [0, 0.1) is 0 Å². The Labute approximate surface area is 194 Å². The topological polar surface area (TPSA) is 43.3 Å². The number of benzene rings is 3. The first-order valence-electron chi connectivity index (χ1n) is 9.87. The van der Waals surface area contributed by atoms with Crippen molar-refractivity contribution in [1.29, 1.82) is 0 Å². The molecule has 0 N–H and O–H groups in total. The van der Waals surface area contributed by atoms with Gasteiger partial charge in [0.1, 0.15) is 5.75 Å². The molecule has 2 aliphatic heterocycles. The third kappa shape index (κ3) is 3.64. The van der Waals surface area contributed by atoms with E-state index in [1.807, 2.05) is 53.5 Å². The number of hydrogen-bond acceptors (Lipinski definition) is 5. The maximum absolute atomic E-state index is 6.39. The Kier molecular flexibility index (Phi) is 5.28. The summed E-state index contributed by atoms with van der Waals surface area (Å²) >= 11 is 9.82. The quantitative estimate of drug-likeness (QED) is 0.419. The molecule has 0 aliphatic carbocycles. The number of ether oxygens (including phenoxy) is 3. The summed E-state index contributed by atoms with van der Waals surface area (Å²) in [6.45, 7) is 0. The highest BCUT2D eigenvalue weighted by molar-refractivity contribution is 9.10. The molecule has 7 heteroatoms. The average molecular weight is 500 g/mol. The number of methoxy groups -OCH3 is 2. The fraction of sp³-hybridized carbons (Fsp3) is 0.208. The van der Waals surface area contributed by atoms with Gasteiger partial charge in [-0.25, -0.2) is 5.01 Å². The largest absolute Gasteiger partial charge is 0.493 e. The Morgan fingerprint density at radius 3 is 2.52 bits per heavy atom. The molecule has 2 atom stereocenters. The summed E-state index contributed by atoms with van der Waals surface area (Å²) in [5.41, 5.74) is 4.03. The van der Waals surface area contributed by atoms with Gasteiger partial charge in [-0.1, -0.05) is 39.7 Å². The van der Waals surface area contributed by atoms with E-state index in [1.54, 1.807) is 14.2 Å². The standard InChI is InChI=1S/C24H20BrClN2O3/c1-29-22-9-5-15(11-23(22)30-2)19-13-20-18-12-17(26)8-10-21(18)31-24(28(20)27-19)14-3-6-16(25)7-4-14/h3-12,20,24H,13H2,1-2H3/t20-,24-/m1/s1. The molecule has 2 aliphatic rings. The molecule has 3 aromatic carbocycles. The van der Waals surface area contributed by atoms with Gasteiger partial charge in [0.25, 0.3) is 0 Å². The Bertz CT molecular complexity index is 1170. The molecule has 5 rings (SSSR count). The molecule has 2 heterocycles. The van der Waals surface area contributed by atoms with E-state index < -0.39 is 0 Å². The summed E-state index contributed by atoms with van der Waals surface area (Å²) < 4.78 is 18.3. The lowest BCUT2D eigenvalue weighted by molar-refractivity contribution is -0.0190. The van der Waals surface area contributed by atoms with Crippen molar-refractivity contribution >= 4 is 33.2 Å². The predicted octanol–water partition coefficient (Wildman–Crippen LogP) is 6.36. The van der Waals surface area contributed by atoms with Crippen molar-refractivity contribution in [2.24, 2.45) is 5.10 Å². The monoisotopic (exact) mass is 498 g/mol. The SMILES string of the molecule is COc1ccc(C2=NN3[C@H](C2)c2cc(Cl)ccc2O[C@@H]3c2ccc(Br)cc2)cc1OC. The van der Waals surface area contributed by atoms with Gasteiger partial charge < -0.3 is 14.2 Å². The molecule has 0 spiro atoms. The number of hydrazone groups is 1. The molecule has 0 aromatic heterocycles. The van der Waals surface area contributed by atoms with Crippen LogP contribution >= 0.6 is 27.5 Å². The van der Waals surface area contributed by atoms with Crippen LogP contribution in [0.3, 0.4) is 0 Å². The lowest BCUT2D eigenvalue weighted by Crippen LogP contribution is -2.33. The second-order valence-electron chi connectivity index (χ2n) is 7.42. The Morgan fingerprint density at radius 2 is 1.77 bits per heavy atom. The van der Waals surface area contributed by atoms with Crippen molar-refractivity contribution in [2.45, 2.75) is 18.7 Å². The van der Waals surface area contributed by atoms with E-state index in [-0.39, 0.29) is 12.3 Å². The number of fused-ring (bicyclic) bond motifs is 3. The van der Waals surface area contributed by atoms with Gasteiger partial charge in [0.15, 0.2) is 11.5 Å². The molecular formula is C24H20BrClN2O3. The minimum atomic E-state index is -0.329. The van der Waals surface area contributed by atoms with Crippen LogP contribution < -0.4 is 14.2 Å². The van der Waals surface area contributed by atoms with Crippen molar-refractivity contribution in [2.75, 3.05) is 14.2 Å². The number of hydrogen-bond donors (Lipinski definition) is 0. The molecule has 0 saturated carbocycles. The molecule has 0 saturated heterocycles. The van der Waals surface area contributed by atoms with Gasteiger partial charge >= 0.3 is 0 Å². The van der Waals surface area contributed by atoms with Gasteiger partial charge in [-0.15, -0.1) is 0 Å². The number of nitrogens with zero attached hydrogens (tertiary/aromatic N) is 2. The second kappa shape index (κ2) is 8.09. The van der Waals surface area contributed by atoms with Crippen LogP contribution in [0.25, 0.3) is 0 Å². The molecule has 0 unspecified atom stereocenters. The van der Waals surface area contributed by atoms with Crippen LogP contribution in [0.1, 0.15) is 35.4 Å². The summed E-state index contributed by atoms with van der Waals surface area (Å²) in [5, 5.41) is 7.71. The number of rotatable bonds is 4. The Balaban J connectivity index is 1.58. The van der Waals surface area contributed by atoms with Crippen molar-refractivity contribution in [3.8, 4) is 17.2 Å². The fourth-order valence-electron chi connectivity index (χ4n) is 4.10. The third-order valence-electron chi connectivity index (χ3n) is 5.62. The van der Waals surface area contributed by atoms with E-state index in [0.29, 0.717) is 16.5 Å². The summed E-state index contributed by atoms with van der Waals surface area (Å²) in [4.78, 5) is 0. The molecule has 31 heavy (non-hydrogen) atoms. The van der Waals surface area contributed by atoms with Crippen LogP contribution in [0.2, 0.25) is 5.02 Å². The summed E-state index contributed by atoms with van der Waals surface area (Å²) in [6, 6.07) is 19.8. The van der Waals surface area contributed by atoms with Gasteiger partial charge in [0.05, 0.1) is 26.0 Å². The van der Waals surface area contributed by atoms with E-state index in [0.717, 1.165) is 39.0 Å². The van der Waals surface area contributed by atoms with E-state index in [2.05, 4.69) is 28.1 Å². The Hall–Kier alpha value is -2.70. The second-order valence-corrected chi connectivity index (χ2v) is 8.77. The zero-order valence-corrected chi connectivity index (χ0v) is 19.4. The molecule has 158 valence electrons. The van der Waals surface area contributed by atoms with Crippen molar-refractivity contribution < 1.29 is 14.2 Å². The minimum absolute atomic E-state index is 0.0270. The van der Waals surface area contributed by atoms with E-state index >= 15 is 0 Å². The van der Waals surface area contributed by atoms with E-state index in [4.69, 9.17) is 30.9 Å². The molecule has 0 radical (unpaired) electrons. The molecule has 3 aromatic rings. The third-order valence-corrected chi connectivity index (χ3v) is 6.39. The molecule has 0 fully saturated rings. The van der Waals surface area contributed by atoms with Crippen LogP contribution in [0.5, 0.6) is 17.2 Å². The highest BCUT2D eigenvalue weighted by Crippen LogP contribution is 2.48. The maximum Gasteiger partial charge on any atom is 0.213 e. The summed E-state index contributed by atoms with van der Waals surface area (Å²) in [6.07, 6.45) is 0.406. The first-order chi connectivity index (χ1) is 15.1. The molecule has 5 nitrogen and oxygen atoms in total. The Morgan fingerprint density at radius 1 is 1.00 bits per heavy atom. The van der Waals surface area contributed by atoms with Gasteiger partial charge in [-0.2, -0.15) is 5.10 Å². The van der Waals surface area contributed by atoms with Gasteiger partial charge in [0, 0.05) is 32.6 Å². The average Bonchev–Trinajstić information content (AvgIpc) is 3.24. The molecule has 0 amide bonds. The first-order valence-corrected chi connectivity index (χ1v) is 11.0. The highest BCUT2D eigenvalue weighted by Gasteiger charge is 2.41. The molecule has 0 bridgehead atoms. The number of halogens is 2. The van der Waals surface area contributed by atoms with E-state index in [1.165, 1.54) is 0 Å². The normalized spacial score (nSPS) is 19.2. The van der Waals surface area contributed by atoms with Crippen LogP contribution in [-0.2, 0) is 0 Å². The van der Waals surface area contributed by atoms with Crippen LogP contribution in [0.15, 0.2) is 70.2 Å². The predicted molar refractivity (Wildman–Crippen MR) is 124 cm³/mol. The van der Waals surface area contributed by atoms with Gasteiger partial charge in [0.2, 0.25) is 6.23 Å². The summed E-state index contributed by atoms with van der Waals surface area (Å²) in [5.74, 6) is 2.20. The highest BCUT2D eigenvalue weighted by atomic mass is 79.9. The smallest absolute Gasteiger partial charge is 0.213 e. The minimum Gasteiger partial charge on any atom is -0.493 e. The van der Waals surface area contributed by atoms with Gasteiger partial charge in [-0.05, 0) is 48.5 Å². The zero-order valence-electron chi connectivity index (χ0n) is 17.0. The van der Waals surface area contributed by atoms with Crippen molar-refractivity contribution in [1.82, 2.24) is 5.01 Å². The van der Waals surface area contributed by atoms with Crippen LogP contribution in [0.4, 0.5) is 0 Å². The lowest BCUT2D eigenvalue weighted by Gasteiger charge is -2.38. The van der Waals surface area contributed by atoms with Crippen LogP contribution in [-0.4, -0.2) is 24.9 Å². The van der Waals surface area contributed by atoms with Crippen molar-refractivity contribution in [3.63, 3.8) is 0 Å². The molecular weight excluding hydrogens is 480 g/mol. The van der Waals surface area contributed by atoms with Crippen molar-refractivity contribution in [3.05, 3.63) is 86.8 Å². The first kappa shape index (κ1) is 20.2. The maximum atomic E-state index is 6.39. The van der Waals surface area contributed by atoms with E-state index in [9.17, 15) is 0 Å². The van der Waals surface area contributed by atoms with Gasteiger partial charge in [-0.3, -0.25) is 0 Å². The summed E-state index contributed by atoms with van der Waals surface area (Å²) in [7, 11) is 3.27. The zero-order chi connectivity index (χ0) is 21.5. The lowest BCUT2D eigenvalue weighted by atomic mass is 9.95.